The van der Waals surface area contributed by atoms with Crippen LogP contribution in [0.2, 0.25) is 0 Å². The molecule has 3 rings (SSSR count). The third kappa shape index (κ3) is 4.67. The Morgan fingerprint density at radius 2 is 1.48 bits per heavy atom. The molecule has 128 valence electrons. The predicted molar refractivity (Wildman–Crippen MR) is 96.5 cm³/mol. The average molecular weight is 337 g/mol. The van der Waals surface area contributed by atoms with Gasteiger partial charge in [-0.05, 0) is 55.3 Å². The number of benzene rings is 2. The van der Waals surface area contributed by atoms with Crippen molar-refractivity contribution >= 4 is 34.8 Å². The Balaban J connectivity index is 1.63. The van der Waals surface area contributed by atoms with Crippen molar-refractivity contribution in [3.8, 4) is 0 Å². The topological polar surface area (TPSA) is 87.3 Å². The number of nitrogens with one attached hydrogen (secondary N) is 3. The molecule has 6 heteroatoms. The Morgan fingerprint density at radius 3 is 2.08 bits per heavy atom. The van der Waals surface area contributed by atoms with Crippen LogP contribution in [-0.4, -0.2) is 17.7 Å². The van der Waals surface area contributed by atoms with E-state index in [1.165, 1.54) is 6.92 Å². The molecule has 0 unspecified atom stereocenters. The molecule has 2 aromatic carbocycles. The Morgan fingerprint density at radius 1 is 0.840 bits per heavy atom. The van der Waals surface area contributed by atoms with E-state index in [0.717, 1.165) is 12.8 Å². The van der Waals surface area contributed by atoms with E-state index in [9.17, 15) is 14.4 Å². The van der Waals surface area contributed by atoms with Crippen LogP contribution in [0.4, 0.5) is 17.1 Å². The quantitative estimate of drug-likeness (QED) is 0.782. The van der Waals surface area contributed by atoms with Crippen LogP contribution < -0.4 is 16.0 Å². The highest BCUT2D eigenvalue weighted by atomic mass is 16.2. The van der Waals surface area contributed by atoms with Gasteiger partial charge in [-0.1, -0.05) is 6.07 Å². The fraction of sp³-hybridized carbons (Fsp3) is 0.211. The second kappa shape index (κ2) is 7.17. The summed E-state index contributed by atoms with van der Waals surface area (Å²) in [7, 11) is 0. The molecule has 0 radical (unpaired) electrons. The third-order valence-corrected chi connectivity index (χ3v) is 3.80. The standard InChI is InChI=1S/C19H19N3O3/c1-12(23)20-15-9-7-14(8-10-15)19(25)22-17-4-2-3-16(11-17)21-18(24)13-5-6-13/h2-4,7-11,13H,5-6H2,1H3,(H,20,23)(H,21,24)(H,22,25). The molecule has 0 saturated heterocycles. The van der Waals surface area contributed by atoms with Crippen molar-refractivity contribution in [3.05, 3.63) is 54.1 Å². The summed E-state index contributed by atoms with van der Waals surface area (Å²) >= 11 is 0. The van der Waals surface area contributed by atoms with Crippen molar-refractivity contribution in [1.29, 1.82) is 0 Å². The van der Waals surface area contributed by atoms with Gasteiger partial charge in [0, 0.05) is 35.5 Å². The molecular weight excluding hydrogens is 318 g/mol. The summed E-state index contributed by atoms with van der Waals surface area (Å²) in [4.78, 5) is 35.1. The molecule has 0 aromatic heterocycles. The summed E-state index contributed by atoms with van der Waals surface area (Å²) in [6.45, 7) is 1.43. The molecule has 1 saturated carbocycles. The van der Waals surface area contributed by atoms with Gasteiger partial charge < -0.3 is 16.0 Å². The number of anilines is 3. The molecule has 0 heterocycles. The van der Waals surface area contributed by atoms with Crippen molar-refractivity contribution in [2.75, 3.05) is 16.0 Å². The highest BCUT2D eigenvalue weighted by Crippen LogP contribution is 2.30. The van der Waals surface area contributed by atoms with E-state index < -0.39 is 0 Å². The number of rotatable bonds is 5. The van der Waals surface area contributed by atoms with Crippen molar-refractivity contribution < 1.29 is 14.4 Å². The predicted octanol–water partition coefficient (Wildman–Crippen LogP) is 3.25. The molecule has 25 heavy (non-hydrogen) atoms. The van der Waals surface area contributed by atoms with Crippen molar-refractivity contribution in [3.63, 3.8) is 0 Å². The van der Waals surface area contributed by atoms with Gasteiger partial charge in [-0.2, -0.15) is 0 Å². The van der Waals surface area contributed by atoms with Crippen LogP contribution in [-0.2, 0) is 9.59 Å². The molecular formula is C19H19N3O3. The zero-order chi connectivity index (χ0) is 17.8. The highest BCUT2D eigenvalue weighted by molar-refractivity contribution is 6.05. The van der Waals surface area contributed by atoms with Gasteiger partial charge in [0.05, 0.1) is 0 Å². The summed E-state index contributed by atoms with van der Waals surface area (Å²) in [5.74, 6) is -0.278. The van der Waals surface area contributed by atoms with Crippen LogP contribution in [0.1, 0.15) is 30.1 Å². The second-order valence-electron chi connectivity index (χ2n) is 6.06. The van der Waals surface area contributed by atoms with Gasteiger partial charge >= 0.3 is 0 Å². The van der Waals surface area contributed by atoms with Crippen LogP contribution in [0.25, 0.3) is 0 Å². The van der Waals surface area contributed by atoms with Crippen LogP contribution in [0.15, 0.2) is 48.5 Å². The highest BCUT2D eigenvalue weighted by Gasteiger charge is 2.29. The van der Waals surface area contributed by atoms with Crippen LogP contribution in [0.3, 0.4) is 0 Å². The van der Waals surface area contributed by atoms with Crippen molar-refractivity contribution in [2.45, 2.75) is 19.8 Å². The van der Waals surface area contributed by atoms with Crippen LogP contribution in [0.5, 0.6) is 0 Å². The average Bonchev–Trinajstić information content (AvgIpc) is 3.40. The molecule has 0 spiro atoms. The van der Waals surface area contributed by atoms with Crippen LogP contribution >= 0.6 is 0 Å². The number of carbonyl (C=O) groups is 3. The summed E-state index contributed by atoms with van der Waals surface area (Å²) in [5.41, 5.74) is 2.37. The van der Waals surface area contributed by atoms with Gasteiger partial charge in [-0.3, -0.25) is 14.4 Å². The molecule has 1 aliphatic carbocycles. The molecule has 0 atom stereocenters. The lowest BCUT2D eigenvalue weighted by molar-refractivity contribution is -0.117. The van der Waals surface area contributed by atoms with Crippen molar-refractivity contribution in [1.82, 2.24) is 0 Å². The first-order chi connectivity index (χ1) is 12.0. The number of carbonyl (C=O) groups excluding carboxylic acids is 3. The monoisotopic (exact) mass is 337 g/mol. The first-order valence-electron chi connectivity index (χ1n) is 8.11. The van der Waals surface area contributed by atoms with Gasteiger partial charge in [0.1, 0.15) is 0 Å². The van der Waals surface area contributed by atoms with E-state index in [1.54, 1.807) is 48.5 Å². The molecule has 2 aromatic rings. The maximum absolute atomic E-state index is 12.3. The van der Waals surface area contributed by atoms with Gasteiger partial charge in [-0.25, -0.2) is 0 Å². The summed E-state index contributed by atoms with van der Waals surface area (Å²) in [5, 5.41) is 8.30. The molecule has 3 N–H and O–H groups in total. The Bertz CT molecular complexity index is 811. The first-order valence-corrected chi connectivity index (χ1v) is 8.11. The largest absolute Gasteiger partial charge is 0.326 e. The molecule has 3 amide bonds. The van der Waals surface area contributed by atoms with Crippen molar-refractivity contribution in [2.24, 2.45) is 5.92 Å². The van der Waals surface area contributed by atoms with Crippen LogP contribution in [0, 0.1) is 5.92 Å². The van der Waals surface area contributed by atoms with Gasteiger partial charge in [0.25, 0.3) is 5.91 Å². The summed E-state index contributed by atoms with van der Waals surface area (Å²) in [6.07, 6.45) is 1.88. The minimum Gasteiger partial charge on any atom is -0.326 e. The van der Waals surface area contributed by atoms with E-state index in [1.807, 2.05) is 0 Å². The Labute approximate surface area is 145 Å². The second-order valence-corrected chi connectivity index (χ2v) is 6.06. The lowest BCUT2D eigenvalue weighted by Crippen LogP contribution is -2.15. The van der Waals surface area contributed by atoms with E-state index in [4.69, 9.17) is 0 Å². The lowest BCUT2D eigenvalue weighted by atomic mass is 10.2. The number of amides is 3. The molecule has 1 aliphatic rings. The molecule has 6 nitrogen and oxygen atoms in total. The first kappa shape index (κ1) is 16.7. The summed E-state index contributed by atoms with van der Waals surface area (Å²) < 4.78 is 0. The summed E-state index contributed by atoms with van der Waals surface area (Å²) in [6, 6.07) is 13.7. The minimum atomic E-state index is -0.264. The zero-order valence-corrected chi connectivity index (χ0v) is 13.8. The number of hydrogen-bond donors (Lipinski definition) is 3. The smallest absolute Gasteiger partial charge is 0.255 e. The molecule has 0 bridgehead atoms. The molecule has 0 aliphatic heterocycles. The normalized spacial score (nSPS) is 13.0. The third-order valence-electron chi connectivity index (χ3n) is 3.80. The van der Waals surface area contributed by atoms with E-state index in [2.05, 4.69) is 16.0 Å². The lowest BCUT2D eigenvalue weighted by Gasteiger charge is -2.09. The fourth-order valence-electron chi connectivity index (χ4n) is 2.38. The fourth-order valence-corrected chi connectivity index (χ4v) is 2.38. The van der Waals surface area contributed by atoms with Gasteiger partial charge in [0.15, 0.2) is 0 Å². The van der Waals surface area contributed by atoms with Gasteiger partial charge in [0.2, 0.25) is 11.8 Å². The number of hydrogen-bond acceptors (Lipinski definition) is 3. The molecule has 1 fully saturated rings. The maximum Gasteiger partial charge on any atom is 0.255 e. The minimum absolute atomic E-state index is 0.0250. The van der Waals surface area contributed by atoms with E-state index in [-0.39, 0.29) is 23.6 Å². The SMILES string of the molecule is CC(=O)Nc1ccc(C(=O)Nc2cccc(NC(=O)C3CC3)c2)cc1. The van der Waals surface area contributed by atoms with E-state index >= 15 is 0 Å². The van der Waals surface area contributed by atoms with Gasteiger partial charge in [-0.15, -0.1) is 0 Å². The Hall–Kier alpha value is -3.15. The zero-order valence-electron chi connectivity index (χ0n) is 13.8. The Kier molecular flexibility index (Phi) is 4.79. The van der Waals surface area contributed by atoms with E-state index in [0.29, 0.717) is 22.6 Å². The maximum atomic E-state index is 12.3.